The van der Waals surface area contributed by atoms with Crippen LogP contribution < -0.4 is 10.1 Å². The first-order chi connectivity index (χ1) is 9.60. The summed E-state index contributed by atoms with van der Waals surface area (Å²) >= 11 is 0. The van der Waals surface area contributed by atoms with Gasteiger partial charge in [0.2, 0.25) is 5.91 Å². The highest BCUT2D eigenvalue weighted by Crippen LogP contribution is 2.28. The minimum absolute atomic E-state index is 0.0181. The molecule has 108 valence electrons. The highest BCUT2D eigenvalue weighted by atomic mass is 16.5. The van der Waals surface area contributed by atoms with E-state index in [1.807, 2.05) is 13.0 Å². The van der Waals surface area contributed by atoms with E-state index in [2.05, 4.69) is 5.32 Å². The van der Waals surface area contributed by atoms with Crippen LogP contribution >= 0.6 is 0 Å². The maximum atomic E-state index is 11.4. The number of hydrogen-bond acceptors (Lipinski definition) is 3. The molecule has 0 spiro atoms. The lowest BCUT2D eigenvalue weighted by Crippen LogP contribution is -2.27. The average molecular weight is 277 g/mol. The summed E-state index contributed by atoms with van der Waals surface area (Å²) in [5.74, 6) is -0.495. The number of carbonyl (C=O) groups excluding carboxylic acids is 1. The molecule has 5 heteroatoms. The number of rotatable bonds is 6. The molecule has 1 amide bonds. The monoisotopic (exact) mass is 277 g/mol. The van der Waals surface area contributed by atoms with Gasteiger partial charge in [0, 0.05) is 18.2 Å². The second-order valence-electron chi connectivity index (χ2n) is 4.95. The van der Waals surface area contributed by atoms with Crippen molar-refractivity contribution >= 4 is 17.6 Å². The van der Waals surface area contributed by atoms with E-state index in [9.17, 15) is 9.59 Å². The molecular formula is C15H19NO4. The fourth-order valence-electron chi connectivity index (χ4n) is 2.21. The van der Waals surface area contributed by atoms with Crippen LogP contribution in [0, 0.1) is 0 Å². The van der Waals surface area contributed by atoms with Crippen molar-refractivity contribution in [1.82, 2.24) is 0 Å². The summed E-state index contributed by atoms with van der Waals surface area (Å²) in [4.78, 5) is 22.5. The Morgan fingerprint density at radius 1 is 1.45 bits per heavy atom. The maximum absolute atomic E-state index is 11.4. The summed E-state index contributed by atoms with van der Waals surface area (Å²) in [6.07, 6.45) is 2.56. The summed E-state index contributed by atoms with van der Waals surface area (Å²) < 4.78 is 5.53. The number of unbranched alkanes of at least 4 members (excludes halogenated alkanes) is 1. The van der Waals surface area contributed by atoms with E-state index >= 15 is 0 Å². The van der Waals surface area contributed by atoms with Gasteiger partial charge in [0.15, 0.2) is 6.10 Å². The number of hydrogen-bond donors (Lipinski definition) is 2. The molecule has 20 heavy (non-hydrogen) atoms. The lowest BCUT2D eigenvalue weighted by Gasteiger charge is -2.19. The van der Waals surface area contributed by atoms with Crippen molar-refractivity contribution in [3.63, 3.8) is 0 Å². The quantitative estimate of drug-likeness (QED) is 0.838. The molecule has 2 rings (SSSR count). The number of carboxylic acids is 1. The molecule has 1 aliphatic rings. The largest absolute Gasteiger partial charge is 0.479 e. The first kappa shape index (κ1) is 14.4. The summed E-state index contributed by atoms with van der Waals surface area (Å²) in [7, 11) is 0. The Hall–Kier alpha value is -2.04. The second-order valence-corrected chi connectivity index (χ2v) is 4.95. The van der Waals surface area contributed by atoms with Crippen LogP contribution in [0.1, 0.15) is 38.2 Å². The van der Waals surface area contributed by atoms with Crippen LogP contribution in [0.5, 0.6) is 5.75 Å². The van der Waals surface area contributed by atoms with Crippen molar-refractivity contribution < 1.29 is 19.4 Å². The van der Waals surface area contributed by atoms with Gasteiger partial charge in [-0.1, -0.05) is 19.4 Å². The number of aryl methyl sites for hydroxylation is 1. The molecule has 0 saturated carbocycles. The Kier molecular flexibility index (Phi) is 4.61. The predicted molar refractivity (Wildman–Crippen MR) is 75.0 cm³/mol. The molecule has 1 aliphatic heterocycles. The van der Waals surface area contributed by atoms with Crippen molar-refractivity contribution in [3.8, 4) is 5.75 Å². The Balaban J connectivity index is 2.10. The molecule has 2 N–H and O–H groups in total. The van der Waals surface area contributed by atoms with Gasteiger partial charge in [-0.3, -0.25) is 4.79 Å². The number of benzene rings is 1. The number of anilines is 1. The molecule has 0 bridgehead atoms. The lowest BCUT2D eigenvalue weighted by atomic mass is 10.0. The third kappa shape index (κ3) is 3.50. The van der Waals surface area contributed by atoms with Crippen LogP contribution in [-0.4, -0.2) is 23.1 Å². The second kappa shape index (κ2) is 6.41. The molecule has 1 heterocycles. The van der Waals surface area contributed by atoms with E-state index in [1.165, 1.54) is 0 Å². The number of nitrogens with one attached hydrogen (secondary N) is 1. The van der Waals surface area contributed by atoms with Gasteiger partial charge in [-0.15, -0.1) is 0 Å². The topological polar surface area (TPSA) is 75.6 Å². The standard InChI is InChI=1S/C15H19NO4/c1-2-3-4-13(15(18)19)20-11-7-5-10-6-8-14(17)16-12(10)9-11/h5,7,9,13H,2-4,6,8H2,1H3,(H,16,17)(H,18,19). The SMILES string of the molecule is CCCCC(Oc1ccc2c(c1)NC(=O)CC2)C(=O)O. The molecule has 1 aromatic rings. The van der Waals surface area contributed by atoms with Gasteiger partial charge in [0.05, 0.1) is 0 Å². The zero-order chi connectivity index (χ0) is 14.5. The molecule has 1 unspecified atom stereocenters. The van der Waals surface area contributed by atoms with Crippen molar-refractivity contribution in [2.24, 2.45) is 0 Å². The summed E-state index contributed by atoms with van der Waals surface area (Å²) in [5.41, 5.74) is 1.77. The fourth-order valence-corrected chi connectivity index (χ4v) is 2.21. The molecule has 0 fully saturated rings. The van der Waals surface area contributed by atoms with E-state index in [1.54, 1.807) is 12.1 Å². The number of carbonyl (C=O) groups is 2. The zero-order valence-corrected chi connectivity index (χ0v) is 11.5. The van der Waals surface area contributed by atoms with Gasteiger partial charge in [-0.05, 0) is 30.9 Å². The minimum Gasteiger partial charge on any atom is -0.479 e. The molecule has 0 aliphatic carbocycles. The predicted octanol–water partition coefficient (Wildman–Crippen LogP) is 2.59. The summed E-state index contributed by atoms with van der Waals surface area (Å²) in [6.45, 7) is 2.01. The molecule has 0 radical (unpaired) electrons. The first-order valence-corrected chi connectivity index (χ1v) is 6.92. The zero-order valence-electron chi connectivity index (χ0n) is 11.5. The number of carboxylic acid groups (broad SMARTS) is 1. The van der Waals surface area contributed by atoms with Crippen LogP contribution in [0.4, 0.5) is 5.69 Å². The molecule has 5 nitrogen and oxygen atoms in total. The van der Waals surface area contributed by atoms with E-state index in [4.69, 9.17) is 9.84 Å². The fraction of sp³-hybridized carbons (Fsp3) is 0.467. The molecule has 0 saturated heterocycles. The van der Waals surface area contributed by atoms with E-state index < -0.39 is 12.1 Å². The van der Waals surface area contributed by atoms with E-state index in [0.29, 0.717) is 25.0 Å². The maximum Gasteiger partial charge on any atom is 0.344 e. The molecule has 1 atom stereocenters. The average Bonchev–Trinajstić information content (AvgIpc) is 2.42. The van der Waals surface area contributed by atoms with Gasteiger partial charge < -0.3 is 15.2 Å². The van der Waals surface area contributed by atoms with Crippen LogP contribution in [0.3, 0.4) is 0 Å². The molecule has 0 aromatic heterocycles. The van der Waals surface area contributed by atoms with Crippen LogP contribution in [0.2, 0.25) is 0 Å². The molecular weight excluding hydrogens is 258 g/mol. The number of amides is 1. The van der Waals surface area contributed by atoms with Crippen LogP contribution in [0.25, 0.3) is 0 Å². The molecule has 1 aromatic carbocycles. The normalized spacial score (nSPS) is 15.2. The highest BCUT2D eigenvalue weighted by Gasteiger charge is 2.20. The van der Waals surface area contributed by atoms with Gasteiger partial charge in [-0.25, -0.2) is 4.79 Å². The van der Waals surface area contributed by atoms with Crippen molar-refractivity contribution in [1.29, 1.82) is 0 Å². The minimum atomic E-state index is -0.958. The van der Waals surface area contributed by atoms with Crippen molar-refractivity contribution in [2.75, 3.05) is 5.32 Å². The number of ether oxygens (including phenoxy) is 1. The number of aliphatic carboxylic acids is 1. The van der Waals surface area contributed by atoms with E-state index in [-0.39, 0.29) is 5.91 Å². The summed E-state index contributed by atoms with van der Waals surface area (Å²) in [6, 6.07) is 5.34. The smallest absolute Gasteiger partial charge is 0.344 e. The highest BCUT2D eigenvalue weighted by molar-refractivity contribution is 5.94. The summed E-state index contributed by atoms with van der Waals surface area (Å²) in [5, 5.41) is 11.9. The third-order valence-corrected chi connectivity index (χ3v) is 3.35. The Bertz CT molecular complexity index is 513. The van der Waals surface area contributed by atoms with Gasteiger partial charge in [0.1, 0.15) is 5.75 Å². The Morgan fingerprint density at radius 2 is 2.25 bits per heavy atom. The van der Waals surface area contributed by atoms with Gasteiger partial charge in [0.25, 0.3) is 0 Å². The van der Waals surface area contributed by atoms with Gasteiger partial charge >= 0.3 is 5.97 Å². The van der Waals surface area contributed by atoms with E-state index in [0.717, 1.165) is 24.1 Å². The third-order valence-electron chi connectivity index (χ3n) is 3.35. The number of fused-ring (bicyclic) bond motifs is 1. The first-order valence-electron chi connectivity index (χ1n) is 6.92. The Labute approximate surface area is 117 Å². The van der Waals surface area contributed by atoms with Crippen molar-refractivity contribution in [3.05, 3.63) is 23.8 Å². The Morgan fingerprint density at radius 3 is 2.95 bits per heavy atom. The lowest BCUT2D eigenvalue weighted by molar-refractivity contribution is -0.145. The van der Waals surface area contributed by atoms with Crippen molar-refractivity contribution in [2.45, 2.75) is 45.1 Å². The van der Waals surface area contributed by atoms with Crippen LogP contribution in [-0.2, 0) is 16.0 Å². The van der Waals surface area contributed by atoms with Gasteiger partial charge in [-0.2, -0.15) is 0 Å². The van der Waals surface area contributed by atoms with Crippen LogP contribution in [0.15, 0.2) is 18.2 Å².